The standard InChI is InChI=1S/C13H20BrN3S/c1-10(12-2-3-13(14)18-12)16-4-6-17(7-5-16)11-8-15-9-11/h2-3,10-11,15H,4-9H2,1H3. The van der Waals surface area contributed by atoms with Gasteiger partial charge in [0, 0.05) is 56.2 Å². The lowest BCUT2D eigenvalue weighted by molar-refractivity contribution is 0.0559. The van der Waals surface area contributed by atoms with Crippen molar-refractivity contribution in [2.24, 2.45) is 0 Å². The zero-order valence-electron chi connectivity index (χ0n) is 10.7. The van der Waals surface area contributed by atoms with E-state index in [0.29, 0.717) is 6.04 Å². The first-order valence-electron chi connectivity index (χ1n) is 6.68. The summed E-state index contributed by atoms with van der Waals surface area (Å²) in [7, 11) is 0. The van der Waals surface area contributed by atoms with Gasteiger partial charge in [0.15, 0.2) is 0 Å². The Morgan fingerprint density at radius 1 is 1.28 bits per heavy atom. The van der Waals surface area contributed by atoms with E-state index in [1.165, 1.54) is 47.9 Å². The van der Waals surface area contributed by atoms with Crippen LogP contribution in [0.3, 0.4) is 0 Å². The van der Waals surface area contributed by atoms with Crippen LogP contribution < -0.4 is 5.32 Å². The molecule has 0 aromatic carbocycles. The van der Waals surface area contributed by atoms with E-state index in [0.717, 1.165) is 6.04 Å². The van der Waals surface area contributed by atoms with Crippen molar-refractivity contribution in [2.45, 2.75) is 19.0 Å². The van der Waals surface area contributed by atoms with Gasteiger partial charge < -0.3 is 5.32 Å². The Bertz CT molecular complexity index is 397. The molecule has 2 saturated heterocycles. The summed E-state index contributed by atoms with van der Waals surface area (Å²) in [6, 6.07) is 5.77. The third-order valence-corrected chi connectivity index (χ3v) is 5.97. The first-order chi connectivity index (χ1) is 8.74. The lowest BCUT2D eigenvalue weighted by Gasteiger charge is -2.44. The second kappa shape index (κ2) is 5.59. The van der Waals surface area contributed by atoms with Crippen LogP contribution in [0.5, 0.6) is 0 Å². The molecule has 1 aromatic heterocycles. The van der Waals surface area contributed by atoms with Crippen LogP contribution in [0.25, 0.3) is 0 Å². The number of thiophene rings is 1. The minimum Gasteiger partial charge on any atom is -0.314 e. The van der Waals surface area contributed by atoms with Gasteiger partial charge in [0.1, 0.15) is 0 Å². The van der Waals surface area contributed by atoms with Crippen molar-refractivity contribution in [3.05, 3.63) is 20.8 Å². The summed E-state index contributed by atoms with van der Waals surface area (Å²) in [5, 5.41) is 3.36. The monoisotopic (exact) mass is 329 g/mol. The molecule has 2 aliphatic rings. The van der Waals surface area contributed by atoms with Crippen molar-refractivity contribution in [1.82, 2.24) is 15.1 Å². The van der Waals surface area contributed by atoms with Crippen molar-refractivity contribution in [3.8, 4) is 0 Å². The Kier molecular flexibility index (Phi) is 4.06. The zero-order valence-corrected chi connectivity index (χ0v) is 13.1. The number of rotatable bonds is 3. The van der Waals surface area contributed by atoms with Crippen molar-refractivity contribution < 1.29 is 0 Å². The third-order valence-electron chi connectivity index (χ3n) is 4.18. The molecule has 1 atom stereocenters. The highest BCUT2D eigenvalue weighted by Gasteiger charge is 2.29. The summed E-state index contributed by atoms with van der Waals surface area (Å²) < 4.78 is 1.24. The average molecular weight is 330 g/mol. The number of nitrogens with one attached hydrogen (secondary N) is 1. The van der Waals surface area contributed by atoms with Crippen LogP contribution >= 0.6 is 27.3 Å². The maximum atomic E-state index is 3.55. The summed E-state index contributed by atoms with van der Waals surface area (Å²) in [6.45, 7) is 9.56. The molecule has 3 rings (SSSR count). The fourth-order valence-corrected chi connectivity index (χ4v) is 4.26. The van der Waals surface area contributed by atoms with Crippen LogP contribution in [0, 0.1) is 0 Å². The molecule has 2 fully saturated rings. The van der Waals surface area contributed by atoms with E-state index >= 15 is 0 Å². The topological polar surface area (TPSA) is 18.5 Å². The summed E-state index contributed by atoms with van der Waals surface area (Å²) in [6.07, 6.45) is 0. The van der Waals surface area contributed by atoms with Gasteiger partial charge in [0.05, 0.1) is 3.79 Å². The molecule has 0 bridgehead atoms. The van der Waals surface area contributed by atoms with Gasteiger partial charge >= 0.3 is 0 Å². The fraction of sp³-hybridized carbons (Fsp3) is 0.692. The van der Waals surface area contributed by atoms with Gasteiger partial charge in [0.25, 0.3) is 0 Å². The minimum atomic E-state index is 0.558. The number of hydrogen-bond donors (Lipinski definition) is 1. The van der Waals surface area contributed by atoms with Gasteiger partial charge in [-0.05, 0) is 35.0 Å². The van der Waals surface area contributed by atoms with Crippen LogP contribution in [-0.4, -0.2) is 55.1 Å². The number of nitrogens with zero attached hydrogens (tertiary/aromatic N) is 2. The Morgan fingerprint density at radius 3 is 2.50 bits per heavy atom. The van der Waals surface area contributed by atoms with E-state index in [1.807, 2.05) is 11.3 Å². The van der Waals surface area contributed by atoms with Crippen molar-refractivity contribution in [2.75, 3.05) is 39.3 Å². The van der Waals surface area contributed by atoms with Crippen molar-refractivity contribution >= 4 is 27.3 Å². The molecule has 3 nitrogen and oxygen atoms in total. The van der Waals surface area contributed by atoms with Crippen LogP contribution in [0.2, 0.25) is 0 Å². The predicted octanol–water partition coefficient (Wildman–Crippen LogP) is 2.16. The van der Waals surface area contributed by atoms with Gasteiger partial charge in [-0.25, -0.2) is 0 Å². The van der Waals surface area contributed by atoms with Gasteiger partial charge in [-0.1, -0.05) is 0 Å². The van der Waals surface area contributed by atoms with E-state index in [1.54, 1.807) is 0 Å². The molecule has 2 aliphatic heterocycles. The lowest BCUT2D eigenvalue weighted by atomic mass is 10.1. The maximum Gasteiger partial charge on any atom is 0.0701 e. The molecule has 1 N–H and O–H groups in total. The summed E-state index contributed by atoms with van der Waals surface area (Å²) in [5.74, 6) is 0. The first-order valence-corrected chi connectivity index (χ1v) is 8.29. The predicted molar refractivity (Wildman–Crippen MR) is 80.2 cm³/mol. The normalized spacial score (nSPS) is 25.0. The minimum absolute atomic E-state index is 0.558. The highest BCUT2D eigenvalue weighted by Crippen LogP contribution is 2.31. The van der Waals surface area contributed by atoms with E-state index in [4.69, 9.17) is 0 Å². The number of halogens is 1. The molecule has 100 valence electrons. The molecular weight excluding hydrogens is 310 g/mol. The van der Waals surface area contributed by atoms with Crippen LogP contribution in [0.4, 0.5) is 0 Å². The maximum absolute atomic E-state index is 3.55. The smallest absolute Gasteiger partial charge is 0.0701 e. The molecule has 5 heteroatoms. The second-order valence-electron chi connectivity index (χ2n) is 5.20. The highest BCUT2D eigenvalue weighted by atomic mass is 79.9. The second-order valence-corrected chi connectivity index (χ2v) is 7.70. The van der Waals surface area contributed by atoms with Crippen molar-refractivity contribution in [3.63, 3.8) is 0 Å². The molecule has 0 amide bonds. The molecular formula is C13H20BrN3S. The van der Waals surface area contributed by atoms with Crippen LogP contribution in [0.15, 0.2) is 15.9 Å². The van der Waals surface area contributed by atoms with Gasteiger partial charge in [0.2, 0.25) is 0 Å². The quantitative estimate of drug-likeness (QED) is 0.916. The Hall–Kier alpha value is 0.0600. The number of hydrogen-bond acceptors (Lipinski definition) is 4. The number of piperazine rings is 1. The SMILES string of the molecule is CC(c1ccc(Br)s1)N1CCN(C2CNC2)CC1. The third kappa shape index (κ3) is 2.65. The van der Waals surface area contributed by atoms with Gasteiger partial charge in [-0.15, -0.1) is 11.3 Å². The molecule has 3 heterocycles. The molecule has 0 radical (unpaired) electrons. The largest absolute Gasteiger partial charge is 0.314 e. The highest BCUT2D eigenvalue weighted by molar-refractivity contribution is 9.11. The van der Waals surface area contributed by atoms with E-state index in [9.17, 15) is 0 Å². The van der Waals surface area contributed by atoms with Gasteiger partial charge in [-0.2, -0.15) is 0 Å². The van der Waals surface area contributed by atoms with E-state index in [-0.39, 0.29) is 0 Å². The fourth-order valence-electron chi connectivity index (χ4n) is 2.75. The molecule has 18 heavy (non-hydrogen) atoms. The first kappa shape index (κ1) is 13.1. The summed E-state index contributed by atoms with van der Waals surface area (Å²) in [5.41, 5.74) is 0. The van der Waals surface area contributed by atoms with E-state index < -0.39 is 0 Å². The Balaban J connectivity index is 1.55. The summed E-state index contributed by atoms with van der Waals surface area (Å²) in [4.78, 5) is 6.73. The molecule has 0 aliphatic carbocycles. The molecule has 0 spiro atoms. The van der Waals surface area contributed by atoms with Crippen LogP contribution in [0.1, 0.15) is 17.8 Å². The van der Waals surface area contributed by atoms with Gasteiger partial charge in [-0.3, -0.25) is 9.80 Å². The molecule has 1 aromatic rings. The summed E-state index contributed by atoms with van der Waals surface area (Å²) >= 11 is 5.42. The lowest BCUT2D eigenvalue weighted by Crippen LogP contribution is -2.61. The average Bonchev–Trinajstić information content (AvgIpc) is 2.74. The van der Waals surface area contributed by atoms with Crippen molar-refractivity contribution in [1.29, 1.82) is 0 Å². The molecule has 1 unspecified atom stereocenters. The zero-order chi connectivity index (χ0) is 12.5. The molecule has 0 saturated carbocycles. The Morgan fingerprint density at radius 2 is 2.00 bits per heavy atom. The van der Waals surface area contributed by atoms with E-state index in [2.05, 4.69) is 50.1 Å². The Labute approximate surface area is 121 Å². The van der Waals surface area contributed by atoms with Crippen LogP contribution in [-0.2, 0) is 0 Å².